The molecule has 7 heteroatoms. The molecule has 0 spiro atoms. The van der Waals surface area contributed by atoms with Crippen molar-refractivity contribution in [1.29, 1.82) is 0 Å². The van der Waals surface area contributed by atoms with Crippen LogP contribution in [0.1, 0.15) is 43.2 Å². The molecule has 2 bridgehead atoms. The molecule has 2 fully saturated rings. The molecular formula is C18H26N4O3. The van der Waals surface area contributed by atoms with Crippen molar-refractivity contribution >= 4 is 11.7 Å². The van der Waals surface area contributed by atoms with Crippen molar-refractivity contribution in [2.75, 3.05) is 39.2 Å². The zero-order chi connectivity index (χ0) is 17.4. The number of carbonyl (C=O) groups excluding carboxylic acids is 1. The molecule has 0 unspecified atom stereocenters. The summed E-state index contributed by atoms with van der Waals surface area (Å²) in [6.07, 6.45) is 3.75. The van der Waals surface area contributed by atoms with Crippen molar-refractivity contribution in [3.05, 3.63) is 23.4 Å². The molecule has 1 aromatic rings. The van der Waals surface area contributed by atoms with E-state index in [-0.39, 0.29) is 11.4 Å². The van der Waals surface area contributed by atoms with E-state index in [0.717, 1.165) is 43.0 Å². The summed E-state index contributed by atoms with van der Waals surface area (Å²) in [5.74, 6) is 0.949. The normalized spacial score (nSPS) is 27.6. The average molecular weight is 346 g/mol. The number of pyridine rings is 1. The lowest BCUT2D eigenvalue weighted by atomic mass is 9.65. The molecule has 4 aliphatic rings. The van der Waals surface area contributed by atoms with E-state index >= 15 is 0 Å². The molecule has 25 heavy (non-hydrogen) atoms. The minimum absolute atomic E-state index is 0.115. The second kappa shape index (κ2) is 6.55. The second-order valence-corrected chi connectivity index (χ2v) is 7.30. The van der Waals surface area contributed by atoms with Gasteiger partial charge in [0.2, 0.25) is 12.2 Å². The van der Waals surface area contributed by atoms with Crippen LogP contribution in [0.4, 0.5) is 5.82 Å². The number of likely N-dealkylation sites (tertiary alicyclic amines) is 1. The fraction of sp³-hybridized carbons (Fsp3) is 0.667. The molecule has 4 heterocycles. The zero-order valence-electron chi connectivity index (χ0n) is 14.9. The highest BCUT2D eigenvalue weighted by Gasteiger charge is 2.52. The van der Waals surface area contributed by atoms with E-state index in [0.29, 0.717) is 12.6 Å². The van der Waals surface area contributed by atoms with Gasteiger partial charge in [-0.2, -0.15) is 0 Å². The Morgan fingerprint density at radius 1 is 1.36 bits per heavy atom. The predicted molar refractivity (Wildman–Crippen MR) is 93.1 cm³/mol. The van der Waals surface area contributed by atoms with Crippen molar-refractivity contribution in [1.82, 2.24) is 15.2 Å². The van der Waals surface area contributed by atoms with Crippen LogP contribution >= 0.6 is 0 Å². The standard InChI is InChI=1S/C18H26N4O3/c1-24-17(25-2)14-6-5-13-16(20-14)19-12-9-18(13,10-12)21-15(23)11-22-7-3-4-8-22/h5-6,12,17H,3-4,7-11H2,1-2H3,(H,19,20)(H,21,23). The average Bonchev–Trinajstić information content (AvgIpc) is 3.07. The summed E-state index contributed by atoms with van der Waals surface area (Å²) in [6, 6.07) is 4.33. The first-order valence-corrected chi connectivity index (χ1v) is 9.00. The Balaban J connectivity index is 1.52. The fourth-order valence-electron chi connectivity index (χ4n) is 4.36. The maximum atomic E-state index is 12.5. The van der Waals surface area contributed by atoms with Crippen molar-refractivity contribution in [2.45, 2.75) is 43.6 Å². The molecule has 0 atom stereocenters. The summed E-state index contributed by atoms with van der Waals surface area (Å²) < 4.78 is 10.6. The lowest BCUT2D eigenvalue weighted by Crippen LogP contribution is -2.63. The van der Waals surface area contributed by atoms with E-state index in [1.54, 1.807) is 14.2 Å². The van der Waals surface area contributed by atoms with Gasteiger partial charge in [-0.15, -0.1) is 0 Å². The Kier molecular flexibility index (Phi) is 4.39. The van der Waals surface area contributed by atoms with Crippen LogP contribution in [0.15, 0.2) is 12.1 Å². The summed E-state index contributed by atoms with van der Waals surface area (Å²) in [5, 5.41) is 6.75. The molecule has 3 aliphatic heterocycles. The molecular weight excluding hydrogens is 320 g/mol. The van der Waals surface area contributed by atoms with Crippen LogP contribution in [0, 0.1) is 0 Å². The van der Waals surface area contributed by atoms with E-state index < -0.39 is 6.29 Å². The van der Waals surface area contributed by atoms with Gasteiger partial charge < -0.3 is 20.1 Å². The zero-order valence-corrected chi connectivity index (χ0v) is 14.9. The van der Waals surface area contributed by atoms with Gasteiger partial charge in [-0.3, -0.25) is 9.69 Å². The van der Waals surface area contributed by atoms with Gasteiger partial charge in [0, 0.05) is 25.8 Å². The van der Waals surface area contributed by atoms with E-state index in [1.807, 2.05) is 12.1 Å². The van der Waals surface area contributed by atoms with E-state index in [1.165, 1.54) is 12.8 Å². The highest BCUT2D eigenvalue weighted by Crippen LogP contribution is 2.49. The molecule has 0 aromatic carbocycles. The first kappa shape index (κ1) is 16.8. The second-order valence-electron chi connectivity index (χ2n) is 7.30. The molecule has 7 nitrogen and oxygen atoms in total. The van der Waals surface area contributed by atoms with Gasteiger partial charge in [0.25, 0.3) is 0 Å². The quantitative estimate of drug-likeness (QED) is 0.758. The highest BCUT2D eigenvalue weighted by molar-refractivity contribution is 5.80. The number of hydrogen-bond donors (Lipinski definition) is 2. The Labute approximate surface area is 148 Å². The summed E-state index contributed by atoms with van der Waals surface area (Å²) >= 11 is 0. The fourth-order valence-corrected chi connectivity index (χ4v) is 4.36. The molecule has 5 rings (SSSR count). The third kappa shape index (κ3) is 3.01. The number of hydrogen-bond acceptors (Lipinski definition) is 6. The maximum absolute atomic E-state index is 12.5. The summed E-state index contributed by atoms with van der Waals surface area (Å²) in [4.78, 5) is 19.4. The Morgan fingerprint density at radius 3 is 2.76 bits per heavy atom. The minimum atomic E-state index is -0.480. The lowest BCUT2D eigenvalue weighted by Gasteiger charge is -2.53. The minimum Gasteiger partial charge on any atom is -0.367 e. The number of carbonyl (C=O) groups is 1. The van der Waals surface area contributed by atoms with Gasteiger partial charge in [-0.05, 0) is 44.8 Å². The molecule has 136 valence electrons. The van der Waals surface area contributed by atoms with Crippen LogP contribution in [0.2, 0.25) is 0 Å². The maximum Gasteiger partial charge on any atom is 0.234 e. The van der Waals surface area contributed by atoms with Crippen molar-refractivity contribution < 1.29 is 14.3 Å². The monoisotopic (exact) mass is 346 g/mol. The van der Waals surface area contributed by atoms with Gasteiger partial charge >= 0.3 is 0 Å². The Morgan fingerprint density at radius 2 is 2.08 bits per heavy atom. The van der Waals surface area contributed by atoms with Gasteiger partial charge in [-0.25, -0.2) is 4.98 Å². The number of nitrogens with zero attached hydrogens (tertiary/aromatic N) is 2. The number of methoxy groups -OCH3 is 2. The van der Waals surface area contributed by atoms with Gasteiger partial charge in [0.1, 0.15) is 5.82 Å². The number of nitrogens with one attached hydrogen (secondary N) is 2. The van der Waals surface area contributed by atoms with Crippen LogP contribution in [-0.4, -0.2) is 55.7 Å². The number of rotatable bonds is 6. The summed E-state index contributed by atoms with van der Waals surface area (Å²) in [7, 11) is 3.19. The highest BCUT2D eigenvalue weighted by atomic mass is 16.7. The number of amides is 1. The number of anilines is 1. The molecule has 1 saturated carbocycles. The summed E-state index contributed by atoms with van der Waals surface area (Å²) in [6.45, 7) is 2.55. The third-order valence-electron chi connectivity index (χ3n) is 5.58. The van der Waals surface area contributed by atoms with Crippen molar-refractivity contribution in [3.8, 4) is 0 Å². The molecule has 1 amide bonds. The predicted octanol–water partition coefficient (Wildman–Crippen LogP) is 1.37. The first-order valence-electron chi connectivity index (χ1n) is 9.00. The molecule has 2 N–H and O–H groups in total. The van der Waals surface area contributed by atoms with E-state index in [4.69, 9.17) is 9.47 Å². The van der Waals surface area contributed by atoms with Crippen LogP contribution in [0.3, 0.4) is 0 Å². The molecule has 1 saturated heterocycles. The molecule has 1 aromatic heterocycles. The Hall–Kier alpha value is -1.70. The number of aromatic nitrogens is 1. The van der Waals surface area contributed by atoms with Crippen LogP contribution in [0.25, 0.3) is 0 Å². The van der Waals surface area contributed by atoms with Crippen LogP contribution in [-0.2, 0) is 19.8 Å². The van der Waals surface area contributed by atoms with Gasteiger partial charge in [-0.1, -0.05) is 6.07 Å². The third-order valence-corrected chi connectivity index (χ3v) is 5.58. The largest absolute Gasteiger partial charge is 0.367 e. The van der Waals surface area contributed by atoms with Crippen molar-refractivity contribution in [2.24, 2.45) is 0 Å². The van der Waals surface area contributed by atoms with Gasteiger partial charge in [0.05, 0.1) is 17.8 Å². The van der Waals surface area contributed by atoms with E-state index in [2.05, 4.69) is 20.5 Å². The van der Waals surface area contributed by atoms with Crippen LogP contribution in [0.5, 0.6) is 0 Å². The lowest BCUT2D eigenvalue weighted by molar-refractivity contribution is -0.125. The van der Waals surface area contributed by atoms with E-state index in [9.17, 15) is 4.79 Å². The van der Waals surface area contributed by atoms with Gasteiger partial charge in [0.15, 0.2) is 0 Å². The molecule has 0 radical (unpaired) electrons. The molecule has 1 aliphatic carbocycles. The SMILES string of the molecule is COC(OC)c1ccc2c(n1)NC1CC2(NC(=O)CN2CCCC2)C1. The summed E-state index contributed by atoms with van der Waals surface area (Å²) in [5.41, 5.74) is 1.53. The van der Waals surface area contributed by atoms with Crippen LogP contribution < -0.4 is 10.6 Å². The van der Waals surface area contributed by atoms with Crippen molar-refractivity contribution in [3.63, 3.8) is 0 Å². The first-order chi connectivity index (χ1) is 12.1. The smallest absolute Gasteiger partial charge is 0.234 e. The number of ether oxygens (including phenoxy) is 2. The topological polar surface area (TPSA) is 75.7 Å². The Bertz CT molecular complexity index is 650.